The summed E-state index contributed by atoms with van der Waals surface area (Å²) in [6.45, 7) is 1.79. The number of ether oxygens (including phenoxy) is 1. The predicted octanol–water partition coefficient (Wildman–Crippen LogP) is -1.13. The molecule has 0 aromatic heterocycles. The Bertz CT molecular complexity index is 397. The second-order valence-corrected chi connectivity index (χ2v) is 4.96. The van der Waals surface area contributed by atoms with Crippen molar-refractivity contribution >= 4 is 17.8 Å². The number of hydrogen-bond donors (Lipinski definition) is 3. The van der Waals surface area contributed by atoms with Gasteiger partial charge in [0, 0.05) is 6.42 Å². The molecule has 7 heteroatoms. The van der Waals surface area contributed by atoms with Crippen LogP contribution in [0.3, 0.4) is 0 Å². The molecule has 0 radical (unpaired) electrons. The van der Waals surface area contributed by atoms with Gasteiger partial charge in [0.25, 0.3) is 0 Å². The molecule has 0 aromatic rings. The first-order valence-electron chi connectivity index (χ1n) is 5.84. The molecule has 2 saturated heterocycles. The highest BCUT2D eigenvalue weighted by atomic mass is 16.5. The Morgan fingerprint density at radius 2 is 2.28 bits per heavy atom. The van der Waals surface area contributed by atoms with Crippen molar-refractivity contribution in [3.8, 4) is 0 Å². The van der Waals surface area contributed by atoms with E-state index in [0.717, 1.165) is 0 Å². The third kappa shape index (κ3) is 2.17. The van der Waals surface area contributed by atoms with Crippen LogP contribution in [-0.4, -0.2) is 48.2 Å². The van der Waals surface area contributed by atoms with Crippen LogP contribution in [-0.2, 0) is 19.1 Å². The van der Waals surface area contributed by atoms with Crippen molar-refractivity contribution in [2.75, 3.05) is 13.2 Å². The van der Waals surface area contributed by atoms with Gasteiger partial charge < -0.3 is 20.5 Å². The quantitative estimate of drug-likeness (QED) is 0.592. The molecule has 2 unspecified atom stereocenters. The van der Waals surface area contributed by atoms with Crippen LogP contribution in [0.5, 0.6) is 0 Å². The van der Waals surface area contributed by atoms with Gasteiger partial charge in [-0.15, -0.1) is 0 Å². The topological polar surface area (TPSA) is 105 Å². The first kappa shape index (κ1) is 12.8. The minimum absolute atomic E-state index is 0.0737. The van der Waals surface area contributed by atoms with Crippen LogP contribution in [0.25, 0.3) is 0 Å². The zero-order valence-corrected chi connectivity index (χ0v) is 10.1. The molecule has 2 heterocycles. The maximum absolute atomic E-state index is 11.9. The second-order valence-electron chi connectivity index (χ2n) is 4.96. The van der Waals surface area contributed by atoms with E-state index in [1.807, 2.05) is 0 Å². The summed E-state index contributed by atoms with van der Waals surface area (Å²) in [6, 6.07) is -1.13. The van der Waals surface area contributed by atoms with Crippen LogP contribution in [0.15, 0.2) is 0 Å². The van der Waals surface area contributed by atoms with Crippen molar-refractivity contribution in [1.82, 2.24) is 10.6 Å². The number of nitrogens with one attached hydrogen (secondary N) is 2. The molecule has 0 aliphatic carbocycles. The van der Waals surface area contributed by atoms with Crippen molar-refractivity contribution in [1.29, 1.82) is 0 Å². The Morgan fingerprint density at radius 3 is 2.83 bits per heavy atom. The van der Waals surface area contributed by atoms with E-state index in [2.05, 4.69) is 10.6 Å². The van der Waals surface area contributed by atoms with Crippen molar-refractivity contribution in [3.63, 3.8) is 0 Å². The van der Waals surface area contributed by atoms with E-state index in [-0.39, 0.29) is 25.0 Å². The highest BCUT2D eigenvalue weighted by Gasteiger charge is 2.48. The molecule has 7 nitrogen and oxygen atoms in total. The van der Waals surface area contributed by atoms with Crippen LogP contribution in [0.2, 0.25) is 0 Å². The Hall–Kier alpha value is -1.63. The summed E-state index contributed by atoms with van der Waals surface area (Å²) in [5.41, 5.74) is -1.11. The third-order valence-corrected chi connectivity index (χ3v) is 3.57. The van der Waals surface area contributed by atoms with Gasteiger partial charge in [0.05, 0.1) is 19.3 Å². The smallest absolute Gasteiger partial charge is 0.313 e. The van der Waals surface area contributed by atoms with E-state index in [1.54, 1.807) is 6.92 Å². The highest BCUT2D eigenvalue weighted by Crippen LogP contribution is 2.28. The first-order chi connectivity index (χ1) is 8.43. The van der Waals surface area contributed by atoms with E-state index in [9.17, 15) is 14.4 Å². The standard InChI is InChI=1S/C11H16N2O5/c1-11(10(16)17)5-18-4-7(11)13-9(15)6-2-3-8(14)12-6/h6-7H,2-5H2,1H3,(H,12,14)(H,13,15)(H,16,17)/t6-,7?,11?/m1/s1. The maximum Gasteiger partial charge on any atom is 0.313 e. The van der Waals surface area contributed by atoms with Crippen molar-refractivity contribution in [2.45, 2.75) is 31.8 Å². The van der Waals surface area contributed by atoms with Gasteiger partial charge in [0.1, 0.15) is 11.5 Å². The molecular weight excluding hydrogens is 240 g/mol. The van der Waals surface area contributed by atoms with Crippen LogP contribution in [0, 0.1) is 5.41 Å². The number of amides is 2. The number of carbonyl (C=O) groups excluding carboxylic acids is 2. The van der Waals surface area contributed by atoms with Crippen LogP contribution >= 0.6 is 0 Å². The number of carboxylic acid groups (broad SMARTS) is 1. The number of rotatable bonds is 3. The number of carbonyl (C=O) groups is 3. The zero-order chi connectivity index (χ0) is 13.3. The van der Waals surface area contributed by atoms with Gasteiger partial charge in [-0.25, -0.2) is 0 Å². The summed E-state index contributed by atoms with van der Waals surface area (Å²) in [5, 5.41) is 14.4. The molecule has 0 aromatic carbocycles. The van der Waals surface area contributed by atoms with Crippen LogP contribution in [0.1, 0.15) is 19.8 Å². The molecular formula is C11H16N2O5. The van der Waals surface area contributed by atoms with Crippen LogP contribution in [0.4, 0.5) is 0 Å². The fraction of sp³-hybridized carbons (Fsp3) is 0.727. The van der Waals surface area contributed by atoms with Gasteiger partial charge in [0.2, 0.25) is 11.8 Å². The lowest BCUT2D eigenvalue weighted by atomic mass is 9.85. The summed E-state index contributed by atoms with van der Waals surface area (Å²) in [7, 11) is 0. The fourth-order valence-corrected chi connectivity index (χ4v) is 2.17. The predicted molar refractivity (Wildman–Crippen MR) is 59.7 cm³/mol. The molecule has 2 rings (SSSR count). The summed E-state index contributed by atoms with van der Waals surface area (Å²) in [5.74, 6) is -1.50. The van der Waals surface area contributed by atoms with Gasteiger partial charge in [-0.3, -0.25) is 14.4 Å². The first-order valence-corrected chi connectivity index (χ1v) is 5.84. The summed E-state index contributed by atoms with van der Waals surface area (Å²) >= 11 is 0. The molecule has 2 amide bonds. The highest BCUT2D eigenvalue weighted by molar-refractivity contribution is 5.91. The molecule has 0 saturated carbocycles. The molecule has 3 N–H and O–H groups in total. The van der Waals surface area contributed by atoms with E-state index >= 15 is 0 Å². The zero-order valence-electron chi connectivity index (χ0n) is 10.1. The van der Waals surface area contributed by atoms with Crippen molar-refractivity contribution in [2.24, 2.45) is 5.41 Å². The Labute approximate surface area is 104 Å². The molecule has 2 aliphatic heterocycles. The maximum atomic E-state index is 11.9. The van der Waals surface area contributed by atoms with Gasteiger partial charge >= 0.3 is 5.97 Å². The molecule has 3 atom stereocenters. The number of hydrogen-bond acceptors (Lipinski definition) is 4. The summed E-state index contributed by atoms with van der Waals surface area (Å²) < 4.78 is 5.14. The lowest BCUT2D eigenvalue weighted by molar-refractivity contribution is -0.149. The fourth-order valence-electron chi connectivity index (χ4n) is 2.17. The van der Waals surface area contributed by atoms with Crippen molar-refractivity contribution < 1.29 is 24.2 Å². The molecule has 100 valence electrons. The monoisotopic (exact) mass is 256 g/mol. The molecule has 2 fully saturated rings. The number of carboxylic acids is 1. The minimum atomic E-state index is -1.11. The van der Waals surface area contributed by atoms with E-state index in [1.165, 1.54) is 0 Å². The lowest BCUT2D eigenvalue weighted by Crippen LogP contribution is -2.53. The second kappa shape index (κ2) is 4.56. The SMILES string of the molecule is CC1(C(=O)O)COCC1NC(=O)[C@H]1CCC(=O)N1. The Kier molecular flexibility index (Phi) is 3.25. The van der Waals surface area contributed by atoms with E-state index in [4.69, 9.17) is 9.84 Å². The average Bonchev–Trinajstić information content (AvgIpc) is 2.87. The Morgan fingerprint density at radius 1 is 1.56 bits per heavy atom. The molecule has 2 aliphatic rings. The largest absolute Gasteiger partial charge is 0.481 e. The number of aliphatic carboxylic acids is 1. The van der Waals surface area contributed by atoms with E-state index in [0.29, 0.717) is 12.8 Å². The third-order valence-electron chi connectivity index (χ3n) is 3.57. The Balaban J connectivity index is 1.98. The van der Waals surface area contributed by atoms with Crippen molar-refractivity contribution in [3.05, 3.63) is 0 Å². The van der Waals surface area contributed by atoms with E-state index < -0.39 is 23.5 Å². The van der Waals surface area contributed by atoms with Gasteiger partial charge in [-0.2, -0.15) is 0 Å². The minimum Gasteiger partial charge on any atom is -0.481 e. The molecule has 18 heavy (non-hydrogen) atoms. The van der Waals surface area contributed by atoms with Gasteiger partial charge in [-0.1, -0.05) is 0 Å². The average molecular weight is 256 g/mol. The van der Waals surface area contributed by atoms with Gasteiger partial charge in [0.15, 0.2) is 0 Å². The molecule has 0 bridgehead atoms. The van der Waals surface area contributed by atoms with Crippen LogP contribution < -0.4 is 10.6 Å². The molecule has 0 spiro atoms. The lowest BCUT2D eigenvalue weighted by Gasteiger charge is -2.26. The summed E-state index contributed by atoms with van der Waals surface area (Å²) in [6.07, 6.45) is 0.775. The summed E-state index contributed by atoms with van der Waals surface area (Å²) in [4.78, 5) is 34.1. The van der Waals surface area contributed by atoms with Gasteiger partial charge in [-0.05, 0) is 13.3 Å². The normalized spacial score (nSPS) is 35.3.